The minimum absolute atomic E-state index is 0.0174. The van der Waals surface area contributed by atoms with Crippen molar-refractivity contribution < 1.29 is 9.13 Å². The molecule has 0 amide bonds. The minimum Gasteiger partial charge on any atom is -0.492 e. The Hall–Kier alpha value is -2.04. The highest BCUT2D eigenvalue weighted by Gasteiger charge is 2.14. The topological polar surface area (TPSA) is 39.1 Å². The number of hydrogen-bond donors (Lipinski definition) is 1. The number of nitrogens with zero attached hydrogens (tertiary/aromatic N) is 2. The average Bonchev–Trinajstić information content (AvgIpc) is 2.87. The lowest BCUT2D eigenvalue weighted by molar-refractivity contribution is 0.388. The molecule has 1 aromatic carbocycles. The van der Waals surface area contributed by atoms with E-state index in [1.165, 1.54) is 13.2 Å². The van der Waals surface area contributed by atoms with Crippen molar-refractivity contribution in [3.63, 3.8) is 0 Å². The summed E-state index contributed by atoms with van der Waals surface area (Å²) >= 11 is 0. The van der Waals surface area contributed by atoms with Crippen LogP contribution in [0.5, 0.6) is 5.75 Å². The van der Waals surface area contributed by atoms with E-state index in [9.17, 15) is 4.39 Å². The van der Waals surface area contributed by atoms with Crippen molar-refractivity contribution in [3.05, 3.63) is 41.5 Å². The van der Waals surface area contributed by atoms with E-state index in [0.717, 1.165) is 11.1 Å². The van der Waals surface area contributed by atoms with E-state index in [4.69, 9.17) is 4.74 Å². The summed E-state index contributed by atoms with van der Waals surface area (Å²) in [6, 6.07) is 3.34. The first kappa shape index (κ1) is 17.0. The van der Waals surface area contributed by atoms with Gasteiger partial charge in [0.25, 0.3) is 0 Å². The molecule has 1 heterocycles. The van der Waals surface area contributed by atoms with Gasteiger partial charge in [0.2, 0.25) is 0 Å². The molecule has 2 rings (SSSR count). The molecular weight excluding hydrogens is 269 g/mol. The summed E-state index contributed by atoms with van der Waals surface area (Å²) in [7, 11) is 3.33. The molecule has 0 saturated heterocycles. The number of methoxy groups -OCH3 is 1. The molecule has 0 fully saturated rings. The van der Waals surface area contributed by atoms with E-state index >= 15 is 0 Å². The van der Waals surface area contributed by atoms with Crippen molar-refractivity contribution in [1.29, 1.82) is 0 Å². The molecule has 0 saturated carbocycles. The summed E-state index contributed by atoms with van der Waals surface area (Å²) in [6.07, 6.45) is 3.71. The normalized spacial score (nSPS) is 11.4. The van der Waals surface area contributed by atoms with Crippen molar-refractivity contribution >= 4 is 5.69 Å². The third-order valence-electron chi connectivity index (χ3n) is 2.99. The Kier molecular flexibility index (Phi) is 6.21. The molecule has 0 spiro atoms. The van der Waals surface area contributed by atoms with E-state index in [-0.39, 0.29) is 17.6 Å². The van der Waals surface area contributed by atoms with Gasteiger partial charge < -0.3 is 10.1 Å². The SMILES string of the molecule is CC.COc1c(F)cc(C)cc1NC(C)c1cnn(C)c1. The van der Waals surface area contributed by atoms with Crippen LogP contribution in [0, 0.1) is 12.7 Å². The van der Waals surface area contributed by atoms with Crippen LogP contribution in [0.3, 0.4) is 0 Å². The molecule has 1 N–H and O–H groups in total. The second-order valence-corrected chi connectivity index (χ2v) is 4.64. The van der Waals surface area contributed by atoms with E-state index in [2.05, 4.69) is 10.4 Å². The van der Waals surface area contributed by atoms with Crippen molar-refractivity contribution in [2.45, 2.75) is 33.7 Å². The van der Waals surface area contributed by atoms with Gasteiger partial charge in [0.15, 0.2) is 11.6 Å². The smallest absolute Gasteiger partial charge is 0.177 e. The molecule has 116 valence electrons. The van der Waals surface area contributed by atoms with Crippen molar-refractivity contribution in [2.75, 3.05) is 12.4 Å². The van der Waals surface area contributed by atoms with Gasteiger partial charge in [0.1, 0.15) is 0 Å². The molecule has 21 heavy (non-hydrogen) atoms. The number of benzene rings is 1. The van der Waals surface area contributed by atoms with E-state index in [1.54, 1.807) is 10.9 Å². The molecule has 1 aromatic heterocycles. The first-order valence-electron chi connectivity index (χ1n) is 7.10. The van der Waals surface area contributed by atoms with Gasteiger partial charge in [-0.1, -0.05) is 13.8 Å². The van der Waals surface area contributed by atoms with Crippen molar-refractivity contribution in [1.82, 2.24) is 9.78 Å². The summed E-state index contributed by atoms with van der Waals surface area (Å²) in [6.45, 7) is 7.85. The first-order valence-corrected chi connectivity index (χ1v) is 7.10. The van der Waals surface area contributed by atoms with Crippen LogP contribution in [0.4, 0.5) is 10.1 Å². The Morgan fingerprint density at radius 2 is 2.00 bits per heavy atom. The number of rotatable bonds is 4. The van der Waals surface area contributed by atoms with Gasteiger partial charge in [0.05, 0.1) is 25.0 Å². The minimum atomic E-state index is -0.358. The monoisotopic (exact) mass is 293 g/mol. The highest BCUT2D eigenvalue weighted by molar-refractivity contribution is 5.59. The van der Waals surface area contributed by atoms with E-state index in [1.807, 2.05) is 47.0 Å². The molecule has 2 aromatic rings. The second kappa shape index (κ2) is 7.67. The number of halogens is 1. The number of anilines is 1. The maximum Gasteiger partial charge on any atom is 0.177 e. The van der Waals surface area contributed by atoms with Crippen LogP contribution in [-0.2, 0) is 7.05 Å². The maximum absolute atomic E-state index is 13.8. The number of hydrogen-bond acceptors (Lipinski definition) is 3. The van der Waals surface area contributed by atoms with Crippen molar-refractivity contribution in [2.24, 2.45) is 7.05 Å². The third kappa shape index (κ3) is 4.21. The second-order valence-electron chi connectivity index (χ2n) is 4.64. The predicted octanol–water partition coefficient (Wildman–Crippen LogP) is 4.08. The Labute approximate surface area is 125 Å². The lowest BCUT2D eigenvalue weighted by Gasteiger charge is -2.17. The Balaban J connectivity index is 0.00000106. The predicted molar refractivity (Wildman–Crippen MR) is 84.3 cm³/mol. The zero-order valence-electron chi connectivity index (χ0n) is 13.6. The van der Waals surface area contributed by atoms with Crippen LogP contribution in [0.1, 0.15) is 37.9 Å². The van der Waals surface area contributed by atoms with Crippen LogP contribution >= 0.6 is 0 Å². The lowest BCUT2D eigenvalue weighted by Crippen LogP contribution is -2.08. The zero-order valence-corrected chi connectivity index (χ0v) is 13.6. The van der Waals surface area contributed by atoms with E-state index in [0.29, 0.717) is 5.69 Å². The van der Waals surface area contributed by atoms with Gasteiger partial charge in [0, 0.05) is 18.8 Å². The summed E-state index contributed by atoms with van der Waals surface area (Å²) in [5.74, 6) is -0.121. The van der Waals surface area contributed by atoms with Crippen molar-refractivity contribution in [3.8, 4) is 5.75 Å². The summed E-state index contributed by atoms with van der Waals surface area (Å²) in [5.41, 5.74) is 2.53. The molecule has 0 aliphatic rings. The van der Waals surface area contributed by atoms with Gasteiger partial charge in [-0.25, -0.2) is 4.39 Å². The highest BCUT2D eigenvalue weighted by atomic mass is 19.1. The number of ether oxygens (including phenoxy) is 1. The van der Waals surface area contributed by atoms with E-state index < -0.39 is 0 Å². The molecule has 0 aliphatic carbocycles. The number of aryl methyl sites for hydroxylation is 2. The third-order valence-corrected chi connectivity index (χ3v) is 2.99. The number of nitrogens with one attached hydrogen (secondary N) is 1. The standard InChI is InChI=1S/C14H18FN3O.C2H6/c1-9-5-12(15)14(19-4)13(6-9)17-10(2)11-7-16-18(3)8-11;1-2/h5-8,10,17H,1-4H3;1-2H3. The van der Waals surface area contributed by atoms with Crippen LogP contribution in [-0.4, -0.2) is 16.9 Å². The average molecular weight is 293 g/mol. The molecule has 4 nitrogen and oxygen atoms in total. The quantitative estimate of drug-likeness (QED) is 0.923. The molecule has 5 heteroatoms. The molecule has 1 unspecified atom stereocenters. The highest BCUT2D eigenvalue weighted by Crippen LogP contribution is 2.31. The fourth-order valence-corrected chi connectivity index (χ4v) is 2.02. The summed E-state index contributed by atoms with van der Waals surface area (Å²) < 4.78 is 20.6. The Morgan fingerprint density at radius 3 is 2.52 bits per heavy atom. The van der Waals surface area contributed by atoms with Gasteiger partial charge in [-0.05, 0) is 31.5 Å². The first-order chi connectivity index (χ1) is 10.0. The summed E-state index contributed by atoms with van der Waals surface area (Å²) in [4.78, 5) is 0. The van der Waals surface area contributed by atoms with Crippen LogP contribution in [0.15, 0.2) is 24.5 Å². The molecule has 0 bridgehead atoms. The molecule has 0 radical (unpaired) electrons. The van der Waals surface area contributed by atoms with Gasteiger partial charge in [-0.3, -0.25) is 4.68 Å². The fraction of sp³-hybridized carbons (Fsp3) is 0.438. The molecular formula is C16H24FN3O. The largest absolute Gasteiger partial charge is 0.492 e. The summed E-state index contributed by atoms with van der Waals surface area (Å²) in [5, 5.41) is 7.38. The zero-order chi connectivity index (χ0) is 16.0. The maximum atomic E-state index is 13.8. The van der Waals surface area contributed by atoms with Crippen LogP contribution in [0.25, 0.3) is 0 Å². The number of aromatic nitrogens is 2. The molecule has 0 aliphatic heterocycles. The van der Waals surface area contributed by atoms with Crippen LogP contribution in [0.2, 0.25) is 0 Å². The molecule has 1 atom stereocenters. The van der Waals surface area contributed by atoms with Gasteiger partial charge in [-0.15, -0.1) is 0 Å². The van der Waals surface area contributed by atoms with Crippen LogP contribution < -0.4 is 10.1 Å². The Bertz CT molecular complexity index is 581. The lowest BCUT2D eigenvalue weighted by atomic mass is 10.1. The fourth-order valence-electron chi connectivity index (χ4n) is 2.02. The van der Waals surface area contributed by atoms with Gasteiger partial charge >= 0.3 is 0 Å². The van der Waals surface area contributed by atoms with Gasteiger partial charge in [-0.2, -0.15) is 5.10 Å². The Morgan fingerprint density at radius 1 is 1.33 bits per heavy atom.